The molecule has 1 aromatic heterocycles. The molecule has 3 rings (SSSR count). The predicted molar refractivity (Wildman–Crippen MR) is 98.8 cm³/mol. The van der Waals surface area contributed by atoms with E-state index in [1.54, 1.807) is 0 Å². The Hall–Kier alpha value is -2.40. The van der Waals surface area contributed by atoms with Crippen LogP contribution in [0.5, 0.6) is 0 Å². The Labute approximate surface area is 161 Å². The van der Waals surface area contributed by atoms with E-state index < -0.39 is 21.8 Å². The van der Waals surface area contributed by atoms with Crippen LogP contribution in [0.15, 0.2) is 41.3 Å². The van der Waals surface area contributed by atoms with Crippen molar-refractivity contribution in [2.75, 3.05) is 50.1 Å². The maximum Gasteiger partial charge on any atom is 0.416 e. The molecular formula is C17H20F3N5O2S. The summed E-state index contributed by atoms with van der Waals surface area (Å²) in [4.78, 5) is 3.60. The van der Waals surface area contributed by atoms with Gasteiger partial charge < -0.3 is 9.80 Å². The lowest BCUT2D eigenvalue weighted by molar-refractivity contribution is -0.137. The van der Waals surface area contributed by atoms with Crippen LogP contribution in [0.1, 0.15) is 5.56 Å². The average molecular weight is 415 g/mol. The molecular weight excluding hydrogens is 395 g/mol. The molecule has 0 bridgehead atoms. The van der Waals surface area contributed by atoms with Gasteiger partial charge in [0.15, 0.2) is 11.6 Å². The molecule has 152 valence electrons. The number of anilines is 2. The molecule has 2 aromatic rings. The van der Waals surface area contributed by atoms with Gasteiger partial charge in [0, 0.05) is 40.3 Å². The zero-order valence-corrected chi connectivity index (χ0v) is 16.2. The third kappa shape index (κ3) is 4.20. The fraction of sp³-hybridized carbons (Fsp3) is 0.412. The lowest BCUT2D eigenvalue weighted by Crippen LogP contribution is -2.49. The molecule has 1 aliphatic heterocycles. The number of piperazine rings is 1. The Morgan fingerprint density at radius 3 is 2.00 bits per heavy atom. The average Bonchev–Trinajstić information content (AvgIpc) is 2.67. The second kappa shape index (κ2) is 7.55. The summed E-state index contributed by atoms with van der Waals surface area (Å²) in [5.41, 5.74) is -0.879. The lowest BCUT2D eigenvalue weighted by atomic mass is 10.2. The first-order chi connectivity index (χ1) is 13.1. The number of hydrogen-bond donors (Lipinski definition) is 0. The van der Waals surface area contributed by atoms with Crippen molar-refractivity contribution in [2.45, 2.75) is 11.1 Å². The van der Waals surface area contributed by atoms with Crippen LogP contribution in [0.25, 0.3) is 0 Å². The van der Waals surface area contributed by atoms with E-state index in [4.69, 9.17) is 0 Å². The molecule has 2 heterocycles. The van der Waals surface area contributed by atoms with Gasteiger partial charge in [-0.15, -0.1) is 10.2 Å². The summed E-state index contributed by atoms with van der Waals surface area (Å²) in [6, 6.07) is 7.21. The van der Waals surface area contributed by atoms with Crippen LogP contribution in [0.3, 0.4) is 0 Å². The molecule has 1 aromatic carbocycles. The zero-order valence-electron chi connectivity index (χ0n) is 15.4. The van der Waals surface area contributed by atoms with Crippen LogP contribution in [-0.2, 0) is 16.2 Å². The summed E-state index contributed by atoms with van der Waals surface area (Å²) in [6.45, 7) is 1.24. The Morgan fingerprint density at radius 1 is 0.929 bits per heavy atom. The quantitative estimate of drug-likeness (QED) is 0.762. The van der Waals surface area contributed by atoms with Crippen LogP contribution in [-0.4, -0.2) is 63.2 Å². The zero-order chi connectivity index (χ0) is 20.5. The SMILES string of the molecule is CN(C)c1ccc(N2CCN(S(=O)(=O)c3ccc(C(F)(F)F)cc3)CC2)nn1. The second-order valence-electron chi connectivity index (χ2n) is 6.56. The van der Waals surface area contributed by atoms with Gasteiger partial charge in [-0.2, -0.15) is 17.5 Å². The summed E-state index contributed by atoms with van der Waals surface area (Å²) in [5.74, 6) is 1.37. The van der Waals surface area contributed by atoms with Crippen molar-refractivity contribution in [3.63, 3.8) is 0 Å². The Balaban J connectivity index is 1.68. The summed E-state index contributed by atoms with van der Waals surface area (Å²) < 4.78 is 64.7. The monoisotopic (exact) mass is 415 g/mol. The molecule has 0 saturated carbocycles. The van der Waals surface area contributed by atoms with Gasteiger partial charge in [0.05, 0.1) is 10.5 Å². The molecule has 1 fully saturated rings. The smallest absolute Gasteiger partial charge is 0.361 e. The molecule has 1 saturated heterocycles. The Bertz CT molecular complexity index is 907. The summed E-state index contributed by atoms with van der Waals surface area (Å²) >= 11 is 0. The number of alkyl halides is 3. The minimum absolute atomic E-state index is 0.149. The Morgan fingerprint density at radius 2 is 1.54 bits per heavy atom. The number of halogens is 3. The van der Waals surface area contributed by atoms with E-state index in [1.807, 2.05) is 36.0 Å². The van der Waals surface area contributed by atoms with Gasteiger partial charge in [0.25, 0.3) is 0 Å². The molecule has 7 nitrogen and oxygen atoms in total. The Kier molecular flexibility index (Phi) is 5.48. The maximum atomic E-state index is 12.7. The van der Waals surface area contributed by atoms with Crippen molar-refractivity contribution >= 4 is 21.7 Å². The summed E-state index contributed by atoms with van der Waals surface area (Å²) in [5, 5.41) is 8.27. The van der Waals surface area contributed by atoms with Crippen molar-refractivity contribution < 1.29 is 21.6 Å². The minimum atomic E-state index is -4.50. The molecule has 0 radical (unpaired) electrons. The van der Waals surface area contributed by atoms with Gasteiger partial charge in [0.2, 0.25) is 10.0 Å². The number of aromatic nitrogens is 2. The summed E-state index contributed by atoms with van der Waals surface area (Å²) in [7, 11) is -0.140. The van der Waals surface area contributed by atoms with Crippen molar-refractivity contribution in [2.24, 2.45) is 0 Å². The third-order valence-corrected chi connectivity index (χ3v) is 6.39. The highest BCUT2D eigenvalue weighted by Crippen LogP contribution is 2.30. The summed E-state index contributed by atoms with van der Waals surface area (Å²) in [6.07, 6.45) is -4.50. The highest BCUT2D eigenvalue weighted by molar-refractivity contribution is 7.89. The van der Waals surface area contributed by atoms with Gasteiger partial charge in [-0.05, 0) is 36.4 Å². The van der Waals surface area contributed by atoms with Crippen LogP contribution in [0.2, 0.25) is 0 Å². The van der Waals surface area contributed by atoms with Gasteiger partial charge in [0.1, 0.15) is 0 Å². The van der Waals surface area contributed by atoms with Crippen LogP contribution < -0.4 is 9.80 Å². The minimum Gasteiger partial charge on any atom is -0.361 e. The second-order valence-corrected chi connectivity index (χ2v) is 8.50. The van der Waals surface area contributed by atoms with Crippen LogP contribution >= 0.6 is 0 Å². The van der Waals surface area contributed by atoms with E-state index in [-0.39, 0.29) is 18.0 Å². The first kappa shape index (κ1) is 20.3. The number of nitrogens with zero attached hydrogens (tertiary/aromatic N) is 5. The van der Waals surface area contributed by atoms with Gasteiger partial charge in [-0.3, -0.25) is 0 Å². The molecule has 0 aliphatic carbocycles. The van der Waals surface area contributed by atoms with E-state index in [1.165, 1.54) is 4.31 Å². The van der Waals surface area contributed by atoms with Gasteiger partial charge >= 0.3 is 6.18 Å². The van der Waals surface area contributed by atoms with E-state index in [9.17, 15) is 21.6 Å². The van der Waals surface area contributed by atoms with Crippen molar-refractivity contribution in [3.8, 4) is 0 Å². The van der Waals surface area contributed by atoms with E-state index in [0.717, 1.165) is 24.3 Å². The molecule has 0 spiro atoms. The number of rotatable bonds is 4. The van der Waals surface area contributed by atoms with Gasteiger partial charge in [-0.1, -0.05) is 0 Å². The molecule has 1 aliphatic rings. The van der Waals surface area contributed by atoms with Crippen LogP contribution in [0.4, 0.5) is 24.8 Å². The van der Waals surface area contributed by atoms with Crippen molar-refractivity contribution in [3.05, 3.63) is 42.0 Å². The molecule has 0 unspecified atom stereocenters. The van der Waals surface area contributed by atoms with E-state index in [2.05, 4.69) is 10.2 Å². The fourth-order valence-corrected chi connectivity index (χ4v) is 4.27. The van der Waals surface area contributed by atoms with Crippen molar-refractivity contribution in [1.82, 2.24) is 14.5 Å². The number of benzene rings is 1. The lowest BCUT2D eigenvalue weighted by Gasteiger charge is -2.34. The van der Waals surface area contributed by atoms with Gasteiger partial charge in [-0.25, -0.2) is 8.42 Å². The largest absolute Gasteiger partial charge is 0.416 e. The molecule has 0 amide bonds. The highest BCUT2D eigenvalue weighted by Gasteiger charge is 2.32. The van der Waals surface area contributed by atoms with Crippen LogP contribution in [0, 0.1) is 0 Å². The maximum absolute atomic E-state index is 12.7. The van der Waals surface area contributed by atoms with Crippen molar-refractivity contribution in [1.29, 1.82) is 0 Å². The molecule has 0 atom stereocenters. The van der Waals surface area contributed by atoms with E-state index in [0.29, 0.717) is 24.7 Å². The standard InChI is InChI=1S/C17H20F3N5O2S/c1-23(2)15-7-8-16(22-21-15)24-9-11-25(12-10-24)28(26,27)14-5-3-13(4-6-14)17(18,19)20/h3-8H,9-12H2,1-2H3. The third-order valence-electron chi connectivity index (χ3n) is 4.48. The number of sulfonamides is 1. The topological polar surface area (TPSA) is 69.6 Å². The molecule has 0 N–H and O–H groups in total. The first-order valence-corrected chi connectivity index (χ1v) is 9.96. The predicted octanol–water partition coefficient (Wildman–Crippen LogP) is 2.07. The first-order valence-electron chi connectivity index (χ1n) is 8.52. The van der Waals surface area contributed by atoms with E-state index >= 15 is 0 Å². The fourth-order valence-electron chi connectivity index (χ4n) is 2.85. The molecule has 11 heteroatoms. The number of hydrogen-bond acceptors (Lipinski definition) is 6. The molecule has 28 heavy (non-hydrogen) atoms. The highest BCUT2D eigenvalue weighted by atomic mass is 32.2. The normalized spacial score (nSPS) is 16.2.